The van der Waals surface area contributed by atoms with E-state index in [1.54, 1.807) is 17.5 Å². The van der Waals surface area contributed by atoms with E-state index in [-0.39, 0.29) is 12.3 Å². The molecule has 0 saturated heterocycles. The number of aryl methyl sites for hydroxylation is 2. The van der Waals surface area contributed by atoms with Gasteiger partial charge < -0.3 is 9.84 Å². The molecule has 3 heterocycles. The number of hydrogen-bond donors (Lipinski definition) is 1. The molecule has 0 aliphatic rings. The van der Waals surface area contributed by atoms with Crippen molar-refractivity contribution in [2.45, 2.75) is 26.8 Å². The minimum absolute atomic E-state index is 0.0473. The molecule has 0 saturated carbocycles. The van der Waals surface area contributed by atoms with Gasteiger partial charge in [0.25, 0.3) is 0 Å². The van der Waals surface area contributed by atoms with Crippen LogP contribution in [0.5, 0.6) is 0 Å². The molecule has 23 heavy (non-hydrogen) atoms. The molecule has 0 aliphatic carbocycles. The Morgan fingerprint density at radius 1 is 1.35 bits per heavy atom. The molecule has 3 aromatic rings. The number of hydrogen-bond acceptors (Lipinski definition) is 5. The number of carbonyl (C=O) groups is 1. The lowest BCUT2D eigenvalue weighted by molar-refractivity contribution is -0.120. The molecule has 1 amide bonds. The van der Waals surface area contributed by atoms with E-state index in [1.807, 2.05) is 43.5 Å². The summed E-state index contributed by atoms with van der Waals surface area (Å²) in [5.74, 6) is 0.649. The van der Waals surface area contributed by atoms with Gasteiger partial charge in [-0.1, -0.05) is 11.2 Å². The predicted molar refractivity (Wildman–Crippen MR) is 89.1 cm³/mol. The normalized spacial score (nSPS) is 10.7. The third-order valence-corrected chi connectivity index (χ3v) is 4.50. The number of rotatable bonds is 5. The Hall–Kier alpha value is -2.47. The minimum Gasteiger partial charge on any atom is -0.361 e. The zero-order valence-corrected chi connectivity index (χ0v) is 13.8. The largest absolute Gasteiger partial charge is 0.361 e. The molecule has 118 valence electrons. The first-order valence-corrected chi connectivity index (χ1v) is 8.18. The molecule has 0 bridgehead atoms. The van der Waals surface area contributed by atoms with Crippen LogP contribution < -0.4 is 5.32 Å². The van der Waals surface area contributed by atoms with Crippen molar-refractivity contribution in [3.63, 3.8) is 0 Å². The van der Waals surface area contributed by atoms with Crippen LogP contribution in [0.2, 0.25) is 0 Å². The quantitative estimate of drug-likeness (QED) is 0.781. The van der Waals surface area contributed by atoms with Crippen LogP contribution in [0.1, 0.15) is 22.6 Å². The number of aromatic nitrogens is 2. The Labute approximate surface area is 138 Å². The monoisotopic (exact) mass is 327 g/mol. The van der Waals surface area contributed by atoms with Crippen LogP contribution >= 0.6 is 11.3 Å². The van der Waals surface area contributed by atoms with E-state index >= 15 is 0 Å². The summed E-state index contributed by atoms with van der Waals surface area (Å²) in [5, 5.41) is 8.82. The van der Waals surface area contributed by atoms with Gasteiger partial charge in [-0.25, -0.2) is 0 Å². The maximum absolute atomic E-state index is 12.1. The molecule has 0 spiro atoms. The van der Waals surface area contributed by atoms with Crippen LogP contribution in [-0.4, -0.2) is 16.0 Å². The van der Waals surface area contributed by atoms with Gasteiger partial charge >= 0.3 is 0 Å². The lowest BCUT2D eigenvalue weighted by atomic mass is 10.1. The molecular formula is C17H17N3O2S. The molecule has 1 N–H and O–H groups in total. The third-order valence-electron chi connectivity index (χ3n) is 3.61. The molecule has 0 fully saturated rings. The van der Waals surface area contributed by atoms with Crippen LogP contribution in [0, 0.1) is 13.8 Å². The summed E-state index contributed by atoms with van der Waals surface area (Å²) in [5.41, 5.74) is 3.58. The van der Waals surface area contributed by atoms with Crippen molar-refractivity contribution in [1.29, 1.82) is 0 Å². The van der Waals surface area contributed by atoms with Gasteiger partial charge in [-0.2, -0.15) is 0 Å². The fraction of sp³-hybridized carbons (Fsp3) is 0.235. The van der Waals surface area contributed by atoms with Gasteiger partial charge in [0.15, 0.2) is 0 Å². The molecule has 0 aliphatic heterocycles. The minimum atomic E-state index is -0.0473. The number of pyridine rings is 1. The molecule has 3 rings (SSSR count). The van der Waals surface area contributed by atoms with Gasteiger partial charge in [-0.3, -0.25) is 9.78 Å². The van der Waals surface area contributed by atoms with Crippen molar-refractivity contribution in [1.82, 2.24) is 15.5 Å². The summed E-state index contributed by atoms with van der Waals surface area (Å²) in [4.78, 5) is 17.6. The van der Waals surface area contributed by atoms with Crippen molar-refractivity contribution in [3.05, 3.63) is 58.4 Å². The second kappa shape index (κ2) is 6.75. The van der Waals surface area contributed by atoms with Crippen molar-refractivity contribution in [2.24, 2.45) is 0 Å². The average Bonchev–Trinajstić information content (AvgIpc) is 3.19. The van der Waals surface area contributed by atoms with Crippen molar-refractivity contribution < 1.29 is 9.32 Å². The SMILES string of the molecule is Cc1noc(C)c1CC(=O)NCc1ccnc(-c2cccs2)c1. The van der Waals surface area contributed by atoms with Crippen molar-refractivity contribution in [2.75, 3.05) is 0 Å². The lowest BCUT2D eigenvalue weighted by Gasteiger charge is -2.06. The predicted octanol–water partition coefficient (Wildman–Crippen LogP) is 3.27. The number of nitrogens with one attached hydrogen (secondary N) is 1. The molecule has 0 aromatic carbocycles. The Morgan fingerprint density at radius 2 is 2.22 bits per heavy atom. The molecule has 0 unspecified atom stereocenters. The van der Waals surface area contributed by atoms with E-state index in [2.05, 4.69) is 15.5 Å². The first kappa shape index (κ1) is 15.4. The zero-order chi connectivity index (χ0) is 16.2. The number of amides is 1. The van der Waals surface area contributed by atoms with Crippen molar-refractivity contribution in [3.8, 4) is 10.6 Å². The van der Waals surface area contributed by atoms with E-state index < -0.39 is 0 Å². The van der Waals surface area contributed by atoms with E-state index in [4.69, 9.17) is 4.52 Å². The molecule has 3 aromatic heterocycles. The first-order chi connectivity index (χ1) is 11.1. The maximum Gasteiger partial charge on any atom is 0.224 e. The summed E-state index contributed by atoms with van der Waals surface area (Å²) in [6, 6.07) is 7.95. The highest BCUT2D eigenvalue weighted by Gasteiger charge is 2.13. The fourth-order valence-corrected chi connectivity index (χ4v) is 3.01. The second-order valence-electron chi connectivity index (χ2n) is 5.28. The van der Waals surface area contributed by atoms with E-state index in [0.717, 1.165) is 27.4 Å². The van der Waals surface area contributed by atoms with Crippen molar-refractivity contribution >= 4 is 17.2 Å². The Bertz CT molecular complexity index is 790. The van der Waals surface area contributed by atoms with Gasteiger partial charge in [-0.05, 0) is 43.0 Å². The maximum atomic E-state index is 12.1. The topological polar surface area (TPSA) is 68.0 Å². The number of nitrogens with zero attached hydrogens (tertiary/aromatic N) is 2. The summed E-state index contributed by atoms with van der Waals surface area (Å²) in [7, 11) is 0. The van der Waals surface area contributed by atoms with Gasteiger partial charge in [0, 0.05) is 18.3 Å². The summed E-state index contributed by atoms with van der Waals surface area (Å²) in [6.45, 7) is 4.14. The van der Waals surface area contributed by atoms with Gasteiger partial charge in [0.05, 0.1) is 22.7 Å². The smallest absolute Gasteiger partial charge is 0.224 e. The third kappa shape index (κ3) is 3.65. The molecule has 0 atom stereocenters. The number of carbonyl (C=O) groups excluding carboxylic acids is 1. The van der Waals surface area contributed by atoms with Gasteiger partial charge in [0.1, 0.15) is 5.76 Å². The fourth-order valence-electron chi connectivity index (χ4n) is 2.32. The molecular weight excluding hydrogens is 310 g/mol. The Balaban J connectivity index is 1.62. The zero-order valence-electron chi connectivity index (χ0n) is 13.0. The summed E-state index contributed by atoms with van der Waals surface area (Å²) in [6.07, 6.45) is 2.05. The first-order valence-electron chi connectivity index (χ1n) is 7.30. The van der Waals surface area contributed by atoms with Gasteiger partial charge in [0.2, 0.25) is 5.91 Å². The van der Waals surface area contributed by atoms with E-state index in [9.17, 15) is 4.79 Å². The molecule has 6 heteroatoms. The summed E-state index contributed by atoms with van der Waals surface area (Å²) >= 11 is 1.65. The van der Waals surface area contributed by atoms with E-state index in [1.165, 1.54) is 0 Å². The highest BCUT2D eigenvalue weighted by molar-refractivity contribution is 7.13. The van der Waals surface area contributed by atoms with Crippen LogP contribution in [0.4, 0.5) is 0 Å². The lowest BCUT2D eigenvalue weighted by Crippen LogP contribution is -2.25. The Morgan fingerprint density at radius 3 is 2.91 bits per heavy atom. The average molecular weight is 327 g/mol. The molecule has 0 radical (unpaired) electrons. The highest BCUT2D eigenvalue weighted by atomic mass is 32.1. The second-order valence-corrected chi connectivity index (χ2v) is 6.23. The molecule has 5 nitrogen and oxygen atoms in total. The number of thiophene rings is 1. The van der Waals surface area contributed by atoms with Crippen LogP contribution in [0.15, 0.2) is 40.4 Å². The van der Waals surface area contributed by atoms with Crippen LogP contribution in [0.3, 0.4) is 0 Å². The van der Waals surface area contributed by atoms with Crippen LogP contribution in [-0.2, 0) is 17.8 Å². The van der Waals surface area contributed by atoms with E-state index in [0.29, 0.717) is 12.3 Å². The Kier molecular flexibility index (Phi) is 4.52. The standard InChI is InChI=1S/C17H17N3O2S/c1-11-14(12(2)22-20-11)9-17(21)19-10-13-5-6-18-15(8-13)16-4-3-7-23-16/h3-8H,9-10H2,1-2H3,(H,19,21). The van der Waals surface area contributed by atoms with Crippen LogP contribution in [0.25, 0.3) is 10.6 Å². The highest BCUT2D eigenvalue weighted by Crippen LogP contribution is 2.23. The van der Waals surface area contributed by atoms with Gasteiger partial charge in [-0.15, -0.1) is 11.3 Å². The summed E-state index contributed by atoms with van der Waals surface area (Å²) < 4.78 is 5.08.